The first kappa shape index (κ1) is 20.0. The molecule has 1 N–H and O–H groups in total. The van der Waals surface area contributed by atoms with E-state index >= 15 is 0 Å². The highest BCUT2D eigenvalue weighted by Crippen LogP contribution is 2.37. The number of ketones is 1. The van der Waals surface area contributed by atoms with Crippen LogP contribution in [0.5, 0.6) is 0 Å². The number of rotatable bonds is 5. The Balaban J connectivity index is 1.42. The van der Waals surface area contributed by atoms with E-state index in [9.17, 15) is 14.4 Å². The van der Waals surface area contributed by atoms with Gasteiger partial charge in [0.2, 0.25) is 5.91 Å². The van der Waals surface area contributed by atoms with Crippen LogP contribution >= 0.6 is 11.6 Å². The predicted molar refractivity (Wildman–Crippen MR) is 126 cm³/mol. The van der Waals surface area contributed by atoms with E-state index in [2.05, 4.69) is 5.32 Å². The number of amides is 2. The van der Waals surface area contributed by atoms with Crippen LogP contribution < -0.4 is 10.2 Å². The highest BCUT2D eigenvalue weighted by molar-refractivity contribution is 6.31. The molecule has 4 aromatic carbocycles. The van der Waals surface area contributed by atoms with Gasteiger partial charge in [-0.3, -0.25) is 19.3 Å². The van der Waals surface area contributed by atoms with Crippen molar-refractivity contribution in [1.82, 2.24) is 0 Å². The molecule has 0 saturated heterocycles. The Kier molecular flexibility index (Phi) is 4.96. The summed E-state index contributed by atoms with van der Waals surface area (Å²) in [5, 5.41) is 4.97. The van der Waals surface area contributed by atoms with Crippen LogP contribution in [0.1, 0.15) is 26.3 Å². The smallest absolute Gasteiger partial charge is 0.259 e. The van der Waals surface area contributed by atoms with E-state index < -0.39 is 5.91 Å². The topological polar surface area (TPSA) is 66.5 Å². The molecule has 1 heterocycles. The minimum Gasteiger partial charge on any atom is -0.324 e. The standard InChI is InChI=1S/C26H17ClN2O3/c27-18-12-13-21(20(14-18)25(31)17-6-2-1-3-7-17)28-23(30)15-29-22-11-5-9-16-8-4-10-19(24(16)22)26(29)32/h1-14H,15H2,(H,28,30). The number of hydrogen-bond acceptors (Lipinski definition) is 3. The summed E-state index contributed by atoms with van der Waals surface area (Å²) in [5.74, 6) is -0.881. The molecule has 1 aliphatic rings. The van der Waals surface area contributed by atoms with E-state index in [1.54, 1.807) is 42.5 Å². The summed E-state index contributed by atoms with van der Waals surface area (Å²) >= 11 is 6.12. The van der Waals surface area contributed by atoms with E-state index in [-0.39, 0.29) is 23.8 Å². The van der Waals surface area contributed by atoms with Gasteiger partial charge in [0.25, 0.3) is 5.91 Å². The van der Waals surface area contributed by atoms with Gasteiger partial charge in [-0.15, -0.1) is 0 Å². The second kappa shape index (κ2) is 7.94. The Hall–Kier alpha value is -3.96. The molecule has 6 heteroatoms. The SMILES string of the molecule is O=C(CN1C(=O)c2cccc3cccc1c23)Nc1ccc(Cl)cc1C(=O)c1ccccc1. The molecule has 4 aromatic rings. The molecule has 2 amide bonds. The lowest BCUT2D eigenvalue weighted by Crippen LogP contribution is -2.35. The van der Waals surface area contributed by atoms with Crippen LogP contribution in [-0.4, -0.2) is 24.1 Å². The molecule has 0 radical (unpaired) electrons. The largest absolute Gasteiger partial charge is 0.324 e. The van der Waals surface area contributed by atoms with Gasteiger partial charge >= 0.3 is 0 Å². The van der Waals surface area contributed by atoms with Gasteiger partial charge in [0.15, 0.2) is 5.78 Å². The number of hydrogen-bond donors (Lipinski definition) is 1. The quantitative estimate of drug-likeness (QED) is 0.427. The Morgan fingerprint density at radius 3 is 2.41 bits per heavy atom. The lowest BCUT2D eigenvalue weighted by atomic mass is 10.0. The molecule has 0 bridgehead atoms. The van der Waals surface area contributed by atoms with E-state index in [1.165, 1.54) is 11.0 Å². The zero-order chi connectivity index (χ0) is 22.2. The molecule has 32 heavy (non-hydrogen) atoms. The van der Waals surface area contributed by atoms with Crippen molar-refractivity contribution < 1.29 is 14.4 Å². The number of anilines is 2. The Labute approximate surface area is 189 Å². The fourth-order valence-electron chi connectivity index (χ4n) is 4.03. The number of nitrogens with one attached hydrogen (secondary N) is 1. The third-order valence-electron chi connectivity index (χ3n) is 5.49. The van der Waals surface area contributed by atoms with Crippen molar-refractivity contribution in [2.45, 2.75) is 0 Å². The maximum absolute atomic E-state index is 13.0. The van der Waals surface area contributed by atoms with Crippen molar-refractivity contribution in [3.05, 3.63) is 107 Å². The molecule has 0 aliphatic carbocycles. The Morgan fingerprint density at radius 1 is 0.875 bits per heavy atom. The molecule has 5 rings (SSSR count). The summed E-state index contributed by atoms with van der Waals surface area (Å²) in [6.07, 6.45) is 0. The van der Waals surface area contributed by atoms with Crippen LogP contribution in [0.2, 0.25) is 5.02 Å². The van der Waals surface area contributed by atoms with E-state index in [0.29, 0.717) is 27.5 Å². The Bertz CT molecular complexity index is 1390. The van der Waals surface area contributed by atoms with Crippen molar-refractivity contribution in [2.75, 3.05) is 16.8 Å². The minimum atomic E-state index is -0.410. The lowest BCUT2D eigenvalue weighted by molar-refractivity contribution is -0.114. The summed E-state index contributed by atoms with van der Waals surface area (Å²) in [6, 6.07) is 24.7. The maximum Gasteiger partial charge on any atom is 0.259 e. The zero-order valence-corrected chi connectivity index (χ0v) is 17.6. The molecule has 0 unspecified atom stereocenters. The van der Waals surface area contributed by atoms with Crippen molar-refractivity contribution >= 4 is 51.3 Å². The van der Waals surface area contributed by atoms with Crippen molar-refractivity contribution in [1.29, 1.82) is 0 Å². The molecule has 156 valence electrons. The monoisotopic (exact) mass is 440 g/mol. The van der Waals surface area contributed by atoms with Gasteiger partial charge in [0, 0.05) is 27.1 Å². The first-order valence-electron chi connectivity index (χ1n) is 10.1. The van der Waals surface area contributed by atoms with Gasteiger partial charge in [-0.1, -0.05) is 66.2 Å². The minimum absolute atomic E-state index is 0.172. The van der Waals surface area contributed by atoms with Crippen LogP contribution in [0.25, 0.3) is 10.8 Å². The Morgan fingerprint density at radius 2 is 1.62 bits per heavy atom. The van der Waals surface area contributed by atoms with Gasteiger partial charge in [-0.05, 0) is 35.7 Å². The van der Waals surface area contributed by atoms with Crippen LogP contribution in [-0.2, 0) is 4.79 Å². The number of nitrogens with zero attached hydrogens (tertiary/aromatic N) is 1. The van der Waals surface area contributed by atoms with Gasteiger partial charge in [0.05, 0.1) is 11.4 Å². The average Bonchev–Trinajstić information content (AvgIpc) is 3.08. The van der Waals surface area contributed by atoms with E-state index in [1.807, 2.05) is 36.4 Å². The fraction of sp³-hybridized carbons (Fsp3) is 0.0385. The summed E-state index contributed by atoms with van der Waals surface area (Å²) < 4.78 is 0. The first-order chi connectivity index (χ1) is 15.5. The van der Waals surface area contributed by atoms with Gasteiger partial charge in [0.1, 0.15) is 6.54 Å². The normalized spacial score (nSPS) is 12.3. The zero-order valence-electron chi connectivity index (χ0n) is 16.8. The van der Waals surface area contributed by atoms with Gasteiger partial charge < -0.3 is 5.32 Å². The number of carbonyl (C=O) groups is 3. The van der Waals surface area contributed by atoms with Crippen molar-refractivity contribution in [2.24, 2.45) is 0 Å². The lowest BCUT2D eigenvalue weighted by Gasteiger charge is -2.18. The highest BCUT2D eigenvalue weighted by Gasteiger charge is 2.31. The second-order valence-electron chi connectivity index (χ2n) is 7.51. The molecule has 0 aromatic heterocycles. The van der Waals surface area contributed by atoms with Gasteiger partial charge in [-0.2, -0.15) is 0 Å². The van der Waals surface area contributed by atoms with Crippen LogP contribution in [0.3, 0.4) is 0 Å². The second-order valence-corrected chi connectivity index (χ2v) is 7.94. The third-order valence-corrected chi connectivity index (χ3v) is 5.72. The summed E-state index contributed by atoms with van der Waals surface area (Å²) in [5.41, 5.74) is 2.40. The molecule has 0 saturated carbocycles. The summed E-state index contributed by atoms with van der Waals surface area (Å²) in [4.78, 5) is 40.3. The van der Waals surface area contributed by atoms with Gasteiger partial charge in [-0.25, -0.2) is 0 Å². The van der Waals surface area contributed by atoms with Crippen molar-refractivity contribution in [3.63, 3.8) is 0 Å². The van der Waals surface area contributed by atoms with Crippen LogP contribution in [0.4, 0.5) is 11.4 Å². The van der Waals surface area contributed by atoms with Crippen LogP contribution in [0, 0.1) is 0 Å². The molecule has 5 nitrogen and oxygen atoms in total. The number of halogens is 1. The predicted octanol–water partition coefficient (Wildman–Crippen LogP) is 5.32. The third kappa shape index (κ3) is 3.43. The average molecular weight is 441 g/mol. The van der Waals surface area contributed by atoms with Crippen LogP contribution in [0.15, 0.2) is 84.9 Å². The van der Waals surface area contributed by atoms with E-state index in [0.717, 1.165) is 10.8 Å². The maximum atomic E-state index is 13.0. The summed E-state index contributed by atoms with van der Waals surface area (Å²) in [6.45, 7) is -0.172. The molecular weight excluding hydrogens is 424 g/mol. The number of benzene rings is 4. The van der Waals surface area contributed by atoms with E-state index in [4.69, 9.17) is 11.6 Å². The number of carbonyl (C=O) groups excluding carboxylic acids is 3. The first-order valence-corrected chi connectivity index (χ1v) is 10.4. The van der Waals surface area contributed by atoms with Crippen molar-refractivity contribution in [3.8, 4) is 0 Å². The molecular formula is C26H17ClN2O3. The molecule has 1 aliphatic heterocycles. The molecule has 0 fully saturated rings. The summed E-state index contributed by atoms with van der Waals surface area (Å²) in [7, 11) is 0. The highest BCUT2D eigenvalue weighted by atomic mass is 35.5. The molecule has 0 atom stereocenters. The molecule has 0 spiro atoms. The fourth-order valence-corrected chi connectivity index (χ4v) is 4.20.